The lowest BCUT2D eigenvalue weighted by Gasteiger charge is -2.40. The first-order valence-corrected chi connectivity index (χ1v) is 10.3. The van der Waals surface area contributed by atoms with Gasteiger partial charge in [-0.05, 0) is 69.3 Å². The van der Waals surface area contributed by atoms with Crippen molar-refractivity contribution >= 4 is 0 Å². The molecule has 6 heteroatoms. The van der Waals surface area contributed by atoms with Gasteiger partial charge in [0.2, 0.25) is 0 Å². The number of piperidine rings is 1. The Morgan fingerprint density at radius 1 is 1.00 bits per heavy atom. The minimum absolute atomic E-state index is 0.324. The predicted octanol–water partition coefficient (Wildman–Crippen LogP) is 4.23. The fourth-order valence-corrected chi connectivity index (χ4v) is 4.84. The summed E-state index contributed by atoms with van der Waals surface area (Å²) < 4.78 is 28.7. The molecule has 3 heterocycles. The average molecular weight is 389 g/mol. The monoisotopic (exact) mass is 388 g/mol. The summed E-state index contributed by atoms with van der Waals surface area (Å²) in [6.07, 6.45) is 7.78. The van der Waals surface area contributed by atoms with Crippen LogP contribution in [0.3, 0.4) is 0 Å². The second kappa shape index (κ2) is 7.91. The SMILES string of the molecule is CC(C)n1cc(CN2CCC3(CCCN(Cc4ccc(F)c(F)c4)C3)C2)cn1. The van der Waals surface area contributed by atoms with Gasteiger partial charge in [0, 0.05) is 44.0 Å². The molecule has 1 aromatic heterocycles. The van der Waals surface area contributed by atoms with Gasteiger partial charge < -0.3 is 0 Å². The van der Waals surface area contributed by atoms with Crippen LogP contribution in [0.1, 0.15) is 50.3 Å². The van der Waals surface area contributed by atoms with E-state index >= 15 is 0 Å². The summed E-state index contributed by atoms with van der Waals surface area (Å²) >= 11 is 0. The van der Waals surface area contributed by atoms with Gasteiger partial charge in [-0.2, -0.15) is 5.10 Å². The van der Waals surface area contributed by atoms with Crippen molar-refractivity contribution < 1.29 is 8.78 Å². The first-order valence-electron chi connectivity index (χ1n) is 10.3. The number of hydrogen-bond donors (Lipinski definition) is 0. The van der Waals surface area contributed by atoms with E-state index in [1.807, 2.05) is 10.9 Å². The van der Waals surface area contributed by atoms with Gasteiger partial charge in [0.15, 0.2) is 11.6 Å². The topological polar surface area (TPSA) is 24.3 Å². The highest BCUT2D eigenvalue weighted by molar-refractivity contribution is 5.18. The number of halogens is 2. The highest BCUT2D eigenvalue weighted by atomic mass is 19.2. The third kappa shape index (κ3) is 4.28. The summed E-state index contributed by atoms with van der Waals surface area (Å²) in [6.45, 7) is 10.2. The van der Waals surface area contributed by atoms with Crippen LogP contribution >= 0.6 is 0 Å². The third-order valence-corrected chi connectivity index (χ3v) is 6.24. The van der Waals surface area contributed by atoms with Crippen LogP contribution in [-0.2, 0) is 13.1 Å². The van der Waals surface area contributed by atoms with Gasteiger partial charge in [-0.15, -0.1) is 0 Å². The van der Waals surface area contributed by atoms with E-state index in [-0.39, 0.29) is 0 Å². The predicted molar refractivity (Wildman–Crippen MR) is 106 cm³/mol. The van der Waals surface area contributed by atoms with Crippen molar-refractivity contribution in [3.05, 3.63) is 53.4 Å². The Bertz CT molecular complexity index is 819. The summed E-state index contributed by atoms with van der Waals surface area (Å²) in [5, 5.41) is 4.46. The Balaban J connectivity index is 1.36. The second-order valence-electron chi connectivity index (χ2n) is 8.95. The van der Waals surface area contributed by atoms with Crippen LogP contribution < -0.4 is 0 Å². The molecule has 2 fully saturated rings. The minimum Gasteiger partial charge on any atom is -0.298 e. The quantitative estimate of drug-likeness (QED) is 0.766. The summed E-state index contributed by atoms with van der Waals surface area (Å²) in [5.74, 6) is -1.52. The molecule has 1 spiro atoms. The lowest BCUT2D eigenvalue weighted by atomic mass is 9.79. The molecule has 1 atom stereocenters. The zero-order valence-corrected chi connectivity index (χ0v) is 16.9. The first kappa shape index (κ1) is 19.5. The molecule has 0 N–H and O–H groups in total. The van der Waals surface area contributed by atoms with Crippen LogP contribution in [0.2, 0.25) is 0 Å². The molecule has 0 aliphatic carbocycles. The molecule has 2 aliphatic rings. The van der Waals surface area contributed by atoms with E-state index in [2.05, 4.69) is 34.9 Å². The number of aromatic nitrogens is 2. The molecule has 4 rings (SSSR count). The van der Waals surface area contributed by atoms with E-state index in [1.165, 1.54) is 37.0 Å². The molecule has 0 radical (unpaired) electrons. The van der Waals surface area contributed by atoms with Gasteiger partial charge in [-0.3, -0.25) is 14.5 Å². The van der Waals surface area contributed by atoms with Crippen LogP contribution in [0.5, 0.6) is 0 Å². The number of benzene rings is 1. The van der Waals surface area contributed by atoms with Gasteiger partial charge in [0.05, 0.1) is 6.20 Å². The summed E-state index contributed by atoms with van der Waals surface area (Å²) in [7, 11) is 0. The van der Waals surface area contributed by atoms with E-state index in [1.54, 1.807) is 6.07 Å². The molecule has 0 bridgehead atoms. The Morgan fingerprint density at radius 3 is 2.46 bits per heavy atom. The average Bonchev–Trinajstić information content (AvgIpc) is 3.26. The van der Waals surface area contributed by atoms with Crippen LogP contribution in [0.15, 0.2) is 30.6 Å². The van der Waals surface area contributed by atoms with Crippen molar-refractivity contribution in [2.75, 3.05) is 26.2 Å². The van der Waals surface area contributed by atoms with Crippen LogP contribution in [0, 0.1) is 17.0 Å². The smallest absolute Gasteiger partial charge is 0.159 e. The fourth-order valence-electron chi connectivity index (χ4n) is 4.84. The fraction of sp³-hybridized carbons (Fsp3) is 0.591. The molecule has 2 saturated heterocycles. The largest absolute Gasteiger partial charge is 0.298 e. The second-order valence-corrected chi connectivity index (χ2v) is 8.95. The Kier molecular flexibility index (Phi) is 5.52. The lowest BCUT2D eigenvalue weighted by Crippen LogP contribution is -2.44. The number of hydrogen-bond acceptors (Lipinski definition) is 3. The number of likely N-dealkylation sites (tertiary alicyclic amines) is 2. The summed E-state index contributed by atoms with van der Waals surface area (Å²) in [5.41, 5.74) is 2.46. The Morgan fingerprint density at radius 2 is 1.75 bits per heavy atom. The summed E-state index contributed by atoms with van der Waals surface area (Å²) in [4.78, 5) is 4.96. The number of rotatable bonds is 5. The molecule has 0 saturated carbocycles. The molecule has 1 unspecified atom stereocenters. The molecule has 152 valence electrons. The zero-order chi connectivity index (χ0) is 19.7. The maximum absolute atomic E-state index is 13.5. The molecule has 4 nitrogen and oxygen atoms in total. The van der Waals surface area contributed by atoms with Gasteiger partial charge in [-0.25, -0.2) is 8.78 Å². The normalized spacial score (nSPS) is 23.9. The highest BCUT2D eigenvalue weighted by Crippen LogP contribution is 2.39. The van der Waals surface area contributed by atoms with Crippen molar-refractivity contribution in [3.63, 3.8) is 0 Å². The van der Waals surface area contributed by atoms with Gasteiger partial charge >= 0.3 is 0 Å². The summed E-state index contributed by atoms with van der Waals surface area (Å²) in [6, 6.07) is 4.66. The van der Waals surface area contributed by atoms with E-state index in [9.17, 15) is 8.78 Å². The molecule has 1 aromatic carbocycles. The van der Waals surface area contributed by atoms with Gasteiger partial charge in [0.25, 0.3) is 0 Å². The van der Waals surface area contributed by atoms with Crippen molar-refractivity contribution in [2.45, 2.75) is 52.2 Å². The van der Waals surface area contributed by atoms with Crippen molar-refractivity contribution in [1.82, 2.24) is 19.6 Å². The lowest BCUT2D eigenvalue weighted by molar-refractivity contribution is 0.0865. The number of nitrogens with zero attached hydrogens (tertiary/aromatic N) is 4. The van der Waals surface area contributed by atoms with Crippen LogP contribution in [-0.4, -0.2) is 45.8 Å². The standard InChI is InChI=1S/C22H30F2N4/c1-17(2)28-14-19(11-25-28)13-27-9-7-22(16-27)6-3-8-26(15-22)12-18-4-5-20(23)21(24)10-18/h4-5,10-11,14,17H,3,6-9,12-13,15-16H2,1-2H3. The van der Waals surface area contributed by atoms with E-state index in [0.717, 1.165) is 38.3 Å². The van der Waals surface area contributed by atoms with E-state index in [0.29, 0.717) is 18.0 Å². The van der Waals surface area contributed by atoms with Gasteiger partial charge in [-0.1, -0.05) is 6.07 Å². The minimum atomic E-state index is -0.772. The maximum Gasteiger partial charge on any atom is 0.159 e. The molecule has 2 aromatic rings. The van der Waals surface area contributed by atoms with Crippen LogP contribution in [0.25, 0.3) is 0 Å². The van der Waals surface area contributed by atoms with Crippen molar-refractivity contribution in [2.24, 2.45) is 5.41 Å². The molecular weight excluding hydrogens is 358 g/mol. The maximum atomic E-state index is 13.5. The van der Waals surface area contributed by atoms with Crippen molar-refractivity contribution in [1.29, 1.82) is 0 Å². The third-order valence-electron chi connectivity index (χ3n) is 6.24. The van der Waals surface area contributed by atoms with E-state index < -0.39 is 11.6 Å². The molecule has 2 aliphatic heterocycles. The van der Waals surface area contributed by atoms with Crippen molar-refractivity contribution in [3.8, 4) is 0 Å². The molecule has 0 amide bonds. The highest BCUT2D eigenvalue weighted by Gasteiger charge is 2.41. The molecular formula is C22H30F2N4. The first-order chi connectivity index (χ1) is 13.4. The van der Waals surface area contributed by atoms with Gasteiger partial charge in [0.1, 0.15) is 0 Å². The van der Waals surface area contributed by atoms with E-state index in [4.69, 9.17) is 0 Å². The van der Waals surface area contributed by atoms with Crippen LogP contribution in [0.4, 0.5) is 8.78 Å². The Labute approximate surface area is 166 Å². The zero-order valence-electron chi connectivity index (χ0n) is 16.9. The Hall–Kier alpha value is -1.79. The molecule has 28 heavy (non-hydrogen) atoms.